The molecule has 0 bridgehead atoms. The van der Waals surface area contributed by atoms with E-state index in [1.54, 1.807) is 13.0 Å². The Morgan fingerprint density at radius 3 is 2.60 bits per heavy atom. The minimum absolute atomic E-state index is 0.282. The van der Waals surface area contributed by atoms with Gasteiger partial charge in [0.1, 0.15) is 5.82 Å². The third-order valence-corrected chi connectivity index (χ3v) is 3.19. The van der Waals surface area contributed by atoms with E-state index in [2.05, 4.69) is 5.32 Å². The van der Waals surface area contributed by atoms with Gasteiger partial charge in [-0.25, -0.2) is 4.39 Å². The summed E-state index contributed by atoms with van der Waals surface area (Å²) >= 11 is 0. The molecule has 3 nitrogen and oxygen atoms in total. The van der Waals surface area contributed by atoms with Gasteiger partial charge >= 0.3 is 0 Å². The third kappa shape index (κ3) is 3.22. The second-order valence-corrected chi connectivity index (χ2v) is 4.63. The molecule has 2 rings (SSSR count). The van der Waals surface area contributed by atoms with Gasteiger partial charge in [0.25, 0.3) is 5.91 Å². The Kier molecular flexibility index (Phi) is 4.48. The summed E-state index contributed by atoms with van der Waals surface area (Å²) in [6.45, 7) is 2.05. The number of hydrogen-bond acceptors (Lipinski definition) is 2. The molecular formula is C16H17FN2O. The molecule has 0 aromatic heterocycles. The van der Waals surface area contributed by atoms with E-state index in [9.17, 15) is 9.18 Å². The summed E-state index contributed by atoms with van der Waals surface area (Å²) in [4.78, 5) is 12.2. The molecular weight excluding hydrogens is 255 g/mol. The molecule has 0 saturated carbocycles. The molecule has 0 aliphatic rings. The SMILES string of the molecule is Cc1ccc(F)cc1C(=O)NC(CN)c1ccccc1. The number of nitrogens with one attached hydrogen (secondary N) is 1. The molecule has 1 amide bonds. The van der Waals surface area contributed by atoms with Crippen molar-refractivity contribution in [3.8, 4) is 0 Å². The fourth-order valence-corrected chi connectivity index (χ4v) is 2.04. The number of rotatable bonds is 4. The molecule has 1 atom stereocenters. The molecule has 0 saturated heterocycles. The van der Waals surface area contributed by atoms with Gasteiger partial charge in [-0.05, 0) is 30.2 Å². The number of aryl methyl sites for hydroxylation is 1. The van der Waals surface area contributed by atoms with Crippen LogP contribution in [0.5, 0.6) is 0 Å². The molecule has 1 unspecified atom stereocenters. The Balaban J connectivity index is 2.20. The Hall–Kier alpha value is -2.20. The molecule has 0 radical (unpaired) electrons. The van der Waals surface area contributed by atoms with Gasteiger partial charge in [-0.1, -0.05) is 36.4 Å². The zero-order valence-electron chi connectivity index (χ0n) is 11.3. The van der Waals surface area contributed by atoms with Crippen LogP contribution in [0.25, 0.3) is 0 Å². The Morgan fingerprint density at radius 1 is 1.25 bits per heavy atom. The van der Waals surface area contributed by atoms with Gasteiger partial charge in [0.2, 0.25) is 0 Å². The van der Waals surface area contributed by atoms with Crippen molar-refractivity contribution < 1.29 is 9.18 Å². The predicted octanol–water partition coefficient (Wildman–Crippen LogP) is 2.56. The van der Waals surface area contributed by atoms with Crippen LogP contribution in [0.1, 0.15) is 27.5 Å². The van der Waals surface area contributed by atoms with Gasteiger partial charge in [0.05, 0.1) is 6.04 Å². The van der Waals surface area contributed by atoms with Crippen molar-refractivity contribution in [3.05, 3.63) is 71.0 Å². The number of benzene rings is 2. The lowest BCUT2D eigenvalue weighted by Gasteiger charge is -2.18. The maximum Gasteiger partial charge on any atom is 0.252 e. The first kappa shape index (κ1) is 14.2. The average molecular weight is 272 g/mol. The topological polar surface area (TPSA) is 55.1 Å². The minimum atomic E-state index is -0.426. The lowest BCUT2D eigenvalue weighted by Crippen LogP contribution is -2.33. The number of amides is 1. The van der Waals surface area contributed by atoms with Crippen molar-refractivity contribution in [2.75, 3.05) is 6.54 Å². The fraction of sp³-hybridized carbons (Fsp3) is 0.188. The van der Waals surface area contributed by atoms with Crippen molar-refractivity contribution >= 4 is 5.91 Å². The van der Waals surface area contributed by atoms with Crippen LogP contribution in [0.3, 0.4) is 0 Å². The van der Waals surface area contributed by atoms with Crippen molar-refractivity contribution in [2.24, 2.45) is 5.73 Å². The van der Waals surface area contributed by atoms with E-state index in [4.69, 9.17) is 5.73 Å². The van der Waals surface area contributed by atoms with Gasteiger partial charge in [-0.3, -0.25) is 4.79 Å². The highest BCUT2D eigenvalue weighted by Crippen LogP contribution is 2.14. The van der Waals surface area contributed by atoms with E-state index >= 15 is 0 Å². The quantitative estimate of drug-likeness (QED) is 0.898. The maximum atomic E-state index is 13.2. The van der Waals surface area contributed by atoms with Crippen LogP contribution in [0, 0.1) is 12.7 Å². The highest BCUT2D eigenvalue weighted by Gasteiger charge is 2.16. The summed E-state index contributed by atoms with van der Waals surface area (Å²) in [7, 11) is 0. The van der Waals surface area contributed by atoms with Crippen LogP contribution < -0.4 is 11.1 Å². The van der Waals surface area contributed by atoms with Crippen LogP contribution >= 0.6 is 0 Å². The van der Waals surface area contributed by atoms with Crippen molar-refractivity contribution in [3.63, 3.8) is 0 Å². The molecule has 0 spiro atoms. The molecule has 0 heterocycles. The monoisotopic (exact) mass is 272 g/mol. The highest BCUT2D eigenvalue weighted by molar-refractivity contribution is 5.95. The molecule has 3 N–H and O–H groups in total. The standard InChI is InChI=1S/C16H17FN2O/c1-11-7-8-13(17)9-14(11)16(20)19-15(10-18)12-5-3-2-4-6-12/h2-9,15H,10,18H2,1H3,(H,19,20). The number of carbonyl (C=O) groups excluding carboxylic acids is 1. The molecule has 2 aromatic carbocycles. The van der Waals surface area contributed by atoms with Crippen molar-refractivity contribution in [1.82, 2.24) is 5.32 Å². The van der Waals surface area contributed by atoms with E-state index in [0.29, 0.717) is 5.56 Å². The van der Waals surface area contributed by atoms with Gasteiger partial charge in [-0.15, -0.1) is 0 Å². The zero-order valence-corrected chi connectivity index (χ0v) is 11.3. The van der Waals surface area contributed by atoms with E-state index in [1.165, 1.54) is 12.1 Å². The van der Waals surface area contributed by atoms with Crippen LogP contribution in [0.15, 0.2) is 48.5 Å². The lowest BCUT2D eigenvalue weighted by atomic mass is 10.0. The molecule has 0 aliphatic carbocycles. The summed E-state index contributed by atoms with van der Waals surface area (Å²) in [6.07, 6.45) is 0. The number of carbonyl (C=O) groups is 1. The fourth-order valence-electron chi connectivity index (χ4n) is 2.04. The molecule has 0 aliphatic heterocycles. The molecule has 104 valence electrons. The van der Waals surface area contributed by atoms with Crippen LogP contribution in [-0.4, -0.2) is 12.5 Å². The minimum Gasteiger partial charge on any atom is -0.344 e. The second kappa shape index (κ2) is 6.30. The number of halogens is 1. The van der Waals surface area contributed by atoms with Crippen molar-refractivity contribution in [2.45, 2.75) is 13.0 Å². The summed E-state index contributed by atoms with van der Waals surface area (Å²) < 4.78 is 13.2. The second-order valence-electron chi connectivity index (χ2n) is 4.63. The first-order valence-electron chi connectivity index (χ1n) is 6.44. The van der Waals surface area contributed by atoms with E-state index in [0.717, 1.165) is 11.1 Å². The highest BCUT2D eigenvalue weighted by atomic mass is 19.1. The number of hydrogen-bond donors (Lipinski definition) is 2. The molecule has 20 heavy (non-hydrogen) atoms. The van der Waals surface area contributed by atoms with Crippen LogP contribution in [0.4, 0.5) is 4.39 Å². The van der Waals surface area contributed by atoms with Gasteiger partial charge in [0, 0.05) is 12.1 Å². The summed E-state index contributed by atoms with van der Waals surface area (Å²) in [5, 5.41) is 2.84. The van der Waals surface area contributed by atoms with Crippen LogP contribution in [-0.2, 0) is 0 Å². The molecule has 4 heteroatoms. The third-order valence-electron chi connectivity index (χ3n) is 3.19. The van der Waals surface area contributed by atoms with E-state index in [-0.39, 0.29) is 18.5 Å². The predicted molar refractivity (Wildman–Crippen MR) is 76.8 cm³/mol. The van der Waals surface area contributed by atoms with Crippen LogP contribution in [0.2, 0.25) is 0 Å². The Bertz CT molecular complexity index is 599. The maximum absolute atomic E-state index is 13.2. The molecule has 2 aromatic rings. The first-order chi connectivity index (χ1) is 9.61. The summed E-state index contributed by atoms with van der Waals surface area (Å²) in [6, 6.07) is 13.3. The Morgan fingerprint density at radius 2 is 1.95 bits per heavy atom. The molecule has 0 fully saturated rings. The van der Waals surface area contributed by atoms with Gasteiger partial charge in [-0.2, -0.15) is 0 Å². The van der Waals surface area contributed by atoms with E-state index < -0.39 is 5.82 Å². The average Bonchev–Trinajstić information content (AvgIpc) is 2.48. The lowest BCUT2D eigenvalue weighted by molar-refractivity contribution is 0.0936. The van der Waals surface area contributed by atoms with E-state index in [1.807, 2.05) is 30.3 Å². The normalized spacial score (nSPS) is 11.9. The smallest absolute Gasteiger partial charge is 0.252 e. The Labute approximate surface area is 117 Å². The number of nitrogens with two attached hydrogens (primary N) is 1. The summed E-state index contributed by atoms with van der Waals surface area (Å²) in [5.74, 6) is -0.744. The zero-order chi connectivity index (χ0) is 14.5. The largest absolute Gasteiger partial charge is 0.344 e. The summed E-state index contributed by atoms with van der Waals surface area (Å²) in [5.41, 5.74) is 7.70. The van der Waals surface area contributed by atoms with Gasteiger partial charge < -0.3 is 11.1 Å². The van der Waals surface area contributed by atoms with Crippen molar-refractivity contribution in [1.29, 1.82) is 0 Å². The van der Waals surface area contributed by atoms with Gasteiger partial charge in [0.15, 0.2) is 0 Å². The first-order valence-corrected chi connectivity index (χ1v) is 6.44.